The fraction of sp³-hybridized carbons (Fsp3) is 0.458. The van der Waals surface area contributed by atoms with E-state index < -0.39 is 23.3 Å². The fourth-order valence-electron chi connectivity index (χ4n) is 4.34. The lowest BCUT2D eigenvalue weighted by molar-refractivity contribution is -0.131. The van der Waals surface area contributed by atoms with E-state index in [9.17, 15) is 18.8 Å². The smallest absolute Gasteiger partial charge is 0.325 e. The number of halogens is 1. The Morgan fingerprint density at radius 2 is 1.77 bits per heavy atom. The highest BCUT2D eigenvalue weighted by Gasteiger charge is 2.52. The second kappa shape index (κ2) is 9.04. The number of nitrogens with one attached hydrogen (secondary N) is 1. The number of aromatic nitrogens is 1. The molecule has 0 spiro atoms. The number of nitrogens with zero attached hydrogens (tertiary/aromatic N) is 2. The van der Waals surface area contributed by atoms with Crippen LogP contribution in [0.5, 0.6) is 0 Å². The maximum Gasteiger partial charge on any atom is 0.325 e. The third-order valence-electron chi connectivity index (χ3n) is 6.04. The summed E-state index contributed by atoms with van der Waals surface area (Å²) in [5.41, 5.74) is 1.59. The van der Waals surface area contributed by atoms with Crippen LogP contribution in [-0.4, -0.2) is 33.7 Å². The zero-order chi connectivity index (χ0) is 22.8. The average Bonchev–Trinajstić information content (AvgIpc) is 3.16. The molecule has 1 aliphatic rings. The van der Waals surface area contributed by atoms with Gasteiger partial charge in [0, 0.05) is 23.5 Å². The maximum absolute atomic E-state index is 13.5. The number of hydrogen-bond donors (Lipinski definition) is 1. The predicted octanol–water partition coefficient (Wildman–Crippen LogP) is 4.47. The topological polar surface area (TPSA) is 71.4 Å². The van der Waals surface area contributed by atoms with E-state index in [1.807, 2.05) is 26.8 Å². The summed E-state index contributed by atoms with van der Waals surface area (Å²) in [5.74, 6) is -1.15. The molecule has 0 aliphatic carbocycles. The number of amides is 3. The second-order valence-corrected chi connectivity index (χ2v) is 8.20. The molecular weight excluding hydrogens is 397 g/mol. The number of Topliss-reactive ketones (excluding diaryl/α,β-unsaturated/α-hetero) is 1. The van der Waals surface area contributed by atoms with Crippen molar-refractivity contribution in [2.75, 3.05) is 6.54 Å². The number of ketones is 1. The largest absolute Gasteiger partial charge is 0.348 e. The zero-order valence-electron chi connectivity index (χ0n) is 18.6. The molecule has 2 aromatic rings. The quantitative estimate of drug-likeness (QED) is 0.474. The first-order valence-electron chi connectivity index (χ1n) is 10.8. The molecule has 31 heavy (non-hydrogen) atoms. The third-order valence-corrected chi connectivity index (χ3v) is 6.04. The monoisotopic (exact) mass is 427 g/mol. The van der Waals surface area contributed by atoms with E-state index >= 15 is 0 Å². The van der Waals surface area contributed by atoms with Crippen LogP contribution in [0.25, 0.3) is 0 Å². The second-order valence-electron chi connectivity index (χ2n) is 8.20. The van der Waals surface area contributed by atoms with Gasteiger partial charge in [0.1, 0.15) is 11.4 Å². The van der Waals surface area contributed by atoms with Crippen LogP contribution in [0.3, 0.4) is 0 Å². The summed E-state index contributed by atoms with van der Waals surface area (Å²) in [5, 5.41) is 2.80. The third kappa shape index (κ3) is 4.13. The SMILES string of the molecule is CCCCC1(c2ccc(F)cc2)NC(=O)N(CC(=O)c2cc(C)n(CCC)c2C)C1=O. The number of urea groups is 1. The van der Waals surface area contributed by atoms with Crippen LogP contribution >= 0.6 is 0 Å². The van der Waals surface area contributed by atoms with Crippen LogP contribution in [0, 0.1) is 19.7 Å². The summed E-state index contributed by atoms with van der Waals surface area (Å²) in [6, 6.07) is 6.81. The van der Waals surface area contributed by atoms with Gasteiger partial charge in [0.05, 0.1) is 6.54 Å². The van der Waals surface area contributed by atoms with E-state index in [2.05, 4.69) is 16.8 Å². The molecule has 1 fully saturated rings. The molecule has 1 saturated heterocycles. The van der Waals surface area contributed by atoms with Crippen LogP contribution in [0.1, 0.15) is 66.8 Å². The number of unbranched alkanes of at least 4 members (excludes halogenated alkanes) is 1. The van der Waals surface area contributed by atoms with Gasteiger partial charge in [-0.1, -0.05) is 38.8 Å². The molecule has 1 unspecified atom stereocenters. The molecule has 0 saturated carbocycles. The van der Waals surface area contributed by atoms with Gasteiger partial charge in [0.25, 0.3) is 5.91 Å². The molecule has 6 nitrogen and oxygen atoms in total. The van der Waals surface area contributed by atoms with Gasteiger partial charge in [-0.3, -0.25) is 14.5 Å². The van der Waals surface area contributed by atoms with Crippen LogP contribution in [-0.2, 0) is 16.9 Å². The first-order chi connectivity index (χ1) is 14.7. The zero-order valence-corrected chi connectivity index (χ0v) is 18.6. The van der Waals surface area contributed by atoms with Gasteiger partial charge < -0.3 is 9.88 Å². The molecule has 1 aromatic carbocycles. The van der Waals surface area contributed by atoms with Crippen LogP contribution in [0.15, 0.2) is 30.3 Å². The summed E-state index contributed by atoms with van der Waals surface area (Å²) in [6.07, 6.45) is 2.85. The number of rotatable bonds is 9. The Kier molecular flexibility index (Phi) is 6.62. The standard InChI is InChI=1S/C24H30FN3O3/c1-5-7-12-24(18-8-10-19(25)11-9-18)22(30)28(23(31)26-24)15-21(29)20-14-16(3)27(13-6-2)17(20)4/h8-11,14H,5-7,12-13,15H2,1-4H3,(H,26,31). The summed E-state index contributed by atoms with van der Waals surface area (Å²) >= 11 is 0. The minimum absolute atomic E-state index is 0.274. The Labute approximate surface area is 182 Å². The summed E-state index contributed by atoms with van der Waals surface area (Å²) in [4.78, 5) is 40.3. The highest BCUT2D eigenvalue weighted by Crippen LogP contribution is 2.34. The van der Waals surface area contributed by atoms with Crippen molar-refractivity contribution < 1.29 is 18.8 Å². The lowest BCUT2D eigenvalue weighted by Crippen LogP contribution is -2.44. The molecule has 2 heterocycles. The Balaban J connectivity index is 1.90. The Hall–Kier alpha value is -2.96. The number of carbonyl (C=O) groups is 3. The van der Waals surface area contributed by atoms with E-state index in [1.54, 1.807) is 0 Å². The lowest BCUT2D eigenvalue weighted by Gasteiger charge is -2.27. The molecule has 7 heteroatoms. The summed E-state index contributed by atoms with van der Waals surface area (Å²) in [7, 11) is 0. The van der Waals surface area contributed by atoms with Gasteiger partial charge in [-0.2, -0.15) is 0 Å². The molecule has 166 valence electrons. The normalized spacial score (nSPS) is 18.5. The van der Waals surface area contributed by atoms with Crippen molar-refractivity contribution in [1.82, 2.24) is 14.8 Å². The van der Waals surface area contributed by atoms with E-state index in [1.165, 1.54) is 24.3 Å². The molecule has 1 aromatic heterocycles. The van der Waals surface area contributed by atoms with Gasteiger partial charge in [-0.15, -0.1) is 0 Å². The van der Waals surface area contributed by atoms with Crippen LogP contribution in [0.4, 0.5) is 9.18 Å². The highest BCUT2D eigenvalue weighted by molar-refractivity contribution is 6.11. The summed E-state index contributed by atoms with van der Waals surface area (Å²) in [6.45, 7) is 8.37. The number of aryl methyl sites for hydroxylation is 1. The first-order valence-corrected chi connectivity index (χ1v) is 10.8. The van der Waals surface area contributed by atoms with Crippen molar-refractivity contribution in [3.63, 3.8) is 0 Å². The highest BCUT2D eigenvalue weighted by atomic mass is 19.1. The molecule has 0 bridgehead atoms. The minimum atomic E-state index is -1.28. The molecule has 1 atom stereocenters. The van der Waals surface area contributed by atoms with Gasteiger partial charge in [-0.25, -0.2) is 9.18 Å². The Bertz CT molecular complexity index is 996. The van der Waals surface area contributed by atoms with Gasteiger partial charge >= 0.3 is 6.03 Å². The van der Waals surface area contributed by atoms with Crippen molar-refractivity contribution >= 4 is 17.7 Å². The van der Waals surface area contributed by atoms with Crippen molar-refractivity contribution in [3.05, 3.63) is 58.7 Å². The van der Waals surface area contributed by atoms with Gasteiger partial charge in [0.2, 0.25) is 0 Å². The van der Waals surface area contributed by atoms with Crippen molar-refractivity contribution in [2.24, 2.45) is 0 Å². The van der Waals surface area contributed by atoms with E-state index in [0.717, 1.165) is 35.7 Å². The van der Waals surface area contributed by atoms with Gasteiger partial charge in [-0.05, 0) is 50.5 Å². The van der Waals surface area contributed by atoms with E-state index in [-0.39, 0.29) is 12.3 Å². The van der Waals surface area contributed by atoms with Crippen LogP contribution in [0.2, 0.25) is 0 Å². The number of imide groups is 1. The number of benzene rings is 1. The number of hydrogen-bond acceptors (Lipinski definition) is 3. The predicted molar refractivity (Wildman–Crippen MR) is 116 cm³/mol. The number of carbonyl (C=O) groups excluding carboxylic acids is 3. The van der Waals surface area contributed by atoms with Crippen LogP contribution < -0.4 is 5.32 Å². The first kappa shape index (κ1) is 22.7. The van der Waals surface area contributed by atoms with E-state index in [0.29, 0.717) is 24.0 Å². The molecular formula is C24H30FN3O3. The summed E-state index contributed by atoms with van der Waals surface area (Å²) < 4.78 is 15.5. The lowest BCUT2D eigenvalue weighted by atomic mass is 9.84. The van der Waals surface area contributed by atoms with Gasteiger partial charge in [0.15, 0.2) is 5.78 Å². The molecule has 3 amide bonds. The minimum Gasteiger partial charge on any atom is -0.348 e. The molecule has 3 rings (SSSR count). The van der Waals surface area contributed by atoms with Crippen molar-refractivity contribution in [2.45, 2.75) is 65.5 Å². The fourth-order valence-corrected chi connectivity index (χ4v) is 4.34. The van der Waals surface area contributed by atoms with E-state index in [4.69, 9.17) is 0 Å². The Morgan fingerprint density at radius 1 is 1.10 bits per heavy atom. The molecule has 1 N–H and O–H groups in total. The average molecular weight is 428 g/mol. The van der Waals surface area contributed by atoms with Crippen molar-refractivity contribution in [1.29, 1.82) is 0 Å². The molecule has 1 aliphatic heterocycles. The Morgan fingerprint density at radius 3 is 2.39 bits per heavy atom. The molecule has 0 radical (unpaired) electrons. The maximum atomic E-state index is 13.5. The van der Waals surface area contributed by atoms with Crippen molar-refractivity contribution in [3.8, 4) is 0 Å².